The summed E-state index contributed by atoms with van der Waals surface area (Å²) in [6, 6.07) is 12.9. The normalized spacial score (nSPS) is 10.4. The van der Waals surface area contributed by atoms with Crippen LogP contribution in [0.1, 0.15) is 5.56 Å². The van der Waals surface area contributed by atoms with Crippen LogP contribution in [-0.2, 0) is 6.54 Å². The third kappa shape index (κ3) is 4.66. The lowest BCUT2D eigenvalue weighted by Gasteiger charge is -2.10. The predicted molar refractivity (Wildman–Crippen MR) is 111 cm³/mol. The fraction of sp³-hybridized carbons (Fsp3) is 0.111. The summed E-state index contributed by atoms with van der Waals surface area (Å²) in [6.45, 7) is 0.469. The van der Waals surface area contributed by atoms with Crippen molar-refractivity contribution in [2.24, 2.45) is 0 Å². The van der Waals surface area contributed by atoms with Crippen LogP contribution in [0.5, 0.6) is 5.75 Å². The largest absolute Gasteiger partial charge is 0.497 e. The van der Waals surface area contributed by atoms with Crippen LogP contribution < -0.4 is 15.4 Å². The van der Waals surface area contributed by atoms with Gasteiger partial charge in [0.2, 0.25) is 0 Å². The highest BCUT2D eigenvalue weighted by atomic mass is 35.5. The molecule has 0 amide bonds. The van der Waals surface area contributed by atoms with Gasteiger partial charge in [-0.25, -0.2) is 0 Å². The van der Waals surface area contributed by atoms with Gasteiger partial charge in [0.15, 0.2) is 5.11 Å². The van der Waals surface area contributed by atoms with E-state index in [1.807, 2.05) is 36.5 Å². The van der Waals surface area contributed by atoms with Crippen molar-refractivity contribution in [2.75, 3.05) is 17.7 Å². The second-order valence-corrected chi connectivity index (χ2v) is 6.66. The predicted octanol–water partition coefficient (Wildman–Crippen LogP) is 5.06. The number of nitrogens with one attached hydrogen (secondary N) is 2. The molecular weight excluding hydrogens is 391 g/mol. The number of hydrogen-bond acceptors (Lipinski definition) is 3. The number of halogens is 2. The molecule has 1 aromatic heterocycles. The molecule has 0 bridgehead atoms. The van der Waals surface area contributed by atoms with Crippen LogP contribution in [0.15, 0.2) is 54.9 Å². The first-order chi connectivity index (χ1) is 12.5. The van der Waals surface area contributed by atoms with E-state index in [9.17, 15) is 0 Å². The maximum Gasteiger partial charge on any atom is 0.175 e. The van der Waals surface area contributed by atoms with Gasteiger partial charge in [-0.05, 0) is 36.5 Å². The van der Waals surface area contributed by atoms with Crippen LogP contribution >= 0.6 is 35.4 Å². The van der Waals surface area contributed by atoms with Gasteiger partial charge in [0.05, 0.1) is 25.5 Å². The van der Waals surface area contributed by atoms with Crippen molar-refractivity contribution in [1.29, 1.82) is 0 Å². The van der Waals surface area contributed by atoms with Gasteiger partial charge in [-0.2, -0.15) is 5.10 Å². The standard InChI is InChI=1S/C18H16Cl2N4OS/c1-25-14-5-2-4-12(8-14)22-18(26)23-13-9-21-24(10-13)11-15-16(19)6-3-7-17(15)20/h2-10H,11H2,1H3,(H2,22,23,26). The van der Waals surface area contributed by atoms with Gasteiger partial charge < -0.3 is 15.4 Å². The van der Waals surface area contributed by atoms with E-state index in [2.05, 4.69) is 15.7 Å². The average molecular weight is 407 g/mol. The fourth-order valence-corrected chi connectivity index (χ4v) is 3.11. The molecule has 0 unspecified atom stereocenters. The molecule has 0 radical (unpaired) electrons. The van der Waals surface area contributed by atoms with Crippen LogP contribution in [0, 0.1) is 0 Å². The maximum atomic E-state index is 6.20. The molecule has 5 nitrogen and oxygen atoms in total. The number of benzene rings is 2. The number of rotatable bonds is 5. The minimum Gasteiger partial charge on any atom is -0.497 e. The van der Waals surface area contributed by atoms with E-state index >= 15 is 0 Å². The molecule has 0 saturated carbocycles. The van der Waals surface area contributed by atoms with Crippen molar-refractivity contribution in [3.05, 3.63) is 70.5 Å². The minimum atomic E-state index is 0.452. The number of nitrogens with zero attached hydrogens (tertiary/aromatic N) is 2. The fourth-order valence-electron chi connectivity index (χ4n) is 2.35. The van der Waals surface area contributed by atoms with Crippen molar-refractivity contribution in [3.8, 4) is 5.75 Å². The van der Waals surface area contributed by atoms with E-state index in [0.717, 1.165) is 22.7 Å². The van der Waals surface area contributed by atoms with E-state index in [0.29, 0.717) is 21.7 Å². The van der Waals surface area contributed by atoms with E-state index in [1.165, 1.54) is 0 Å². The molecule has 0 atom stereocenters. The van der Waals surface area contributed by atoms with Crippen molar-refractivity contribution in [3.63, 3.8) is 0 Å². The molecule has 0 aliphatic heterocycles. The summed E-state index contributed by atoms with van der Waals surface area (Å²) in [5, 5.41) is 12.2. The summed E-state index contributed by atoms with van der Waals surface area (Å²) in [5.41, 5.74) is 2.41. The van der Waals surface area contributed by atoms with Gasteiger partial charge in [-0.15, -0.1) is 0 Å². The number of thiocarbonyl (C=S) groups is 1. The first-order valence-electron chi connectivity index (χ1n) is 7.72. The lowest BCUT2D eigenvalue weighted by molar-refractivity contribution is 0.415. The molecule has 0 aliphatic rings. The Balaban J connectivity index is 1.63. The topological polar surface area (TPSA) is 51.1 Å². The molecule has 134 valence electrons. The minimum absolute atomic E-state index is 0.452. The zero-order valence-electron chi connectivity index (χ0n) is 13.9. The molecule has 2 aromatic carbocycles. The van der Waals surface area contributed by atoms with Crippen LogP contribution in [0.3, 0.4) is 0 Å². The molecule has 0 saturated heterocycles. The van der Waals surface area contributed by atoms with E-state index < -0.39 is 0 Å². The van der Waals surface area contributed by atoms with E-state index in [4.69, 9.17) is 40.2 Å². The van der Waals surface area contributed by atoms with Crippen LogP contribution in [0.25, 0.3) is 0 Å². The molecular formula is C18H16Cl2N4OS. The third-order valence-corrected chi connectivity index (χ3v) is 4.51. The second-order valence-electron chi connectivity index (χ2n) is 5.44. The number of aromatic nitrogens is 2. The Labute approximate surface area is 166 Å². The average Bonchev–Trinajstić information content (AvgIpc) is 3.05. The third-order valence-electron chi connectivity index (χ3n) is 3.60. The van der Waals surface area contributed by atoms with Gasteiger partial charge in [0, 0.05) is 33.6 Å². The Hall–Kier alpha value is -2.28. The number of hydrogen-bond donors (Lipinski definition) is 2. The van der Waals surface area contributed by atoms with Gasteiger partial charge in [-0.3, -0.25) is 4.68 Å². The summed E-state index contributed by atoms with van der Waals surface area (Å²) in [4.78, 5) is 0. The van der Waals surface area contributed by atoms with Crippen molar-refractivity contribution in [1.82, 2.24) is 9.78 Å². The van der Waals surface area contributed by atoms with E-state index in [-0.39, 0.29) is 0 Å². The Morgan fingerprint density at radius 3 is 2.54 bits per heavy atom. The lowest BCUT2D eigenvalue weighted by Crippen LogP contribution is -2.18. The smallest absolute Gasteiger partial charge is 0.175 e. The summed E-state index contributed by atoms with van der Waals surface area (Å²) < 4.78 is 6.93. The van der Waals surface area contributed by atoms with E-state index in [1.54, 1.807) is 30.1 Å². The summed E-state index contributed by atoms with van der Waals surface area (Å²) in [7, 11) is 1.62. The molecule has 26 heavy (non-hydrogen) atoms. The first kappa shape index (κ1) is 18.5. The molecule has 3 rings (SSSR count). The van der Waals surface area contributed by atoms with Crippen molar-refractivity contribution >= 4 is 51.9 Å². The molecule has 2 N–H and O–H groups in total. The van der Waals surface area contributed by atoms with Crippen LogP contribution in [0.4, 0.5) is 11.4 Å². The van der Waals surface area contributed by atoms with Crippen molar-refractivity contribution < 1.29 is 4.74 Å². The molecule has 0 aliphatic carbocycles. The van der Waals surface area contributed by atoms with Gasteiger partial charge >= 0.3 is 0 Å². The quantitative estimate of drug-likeness (QED) is 0.580. The molecule has 1 heterocycles. The SMILES string of the molecule is COc1cccc(NC(=S)Nc2cnn(Cc3c(Cl)cccc3Cl)c2)c1. The summed E-state index contributed by atoms with van der Waals surface area (Å²) >= 11 is 17.7. The Morgan fingerprint density at radius 2 is 1.81 bits per heavy atom. The second kappa shape index (κ2) is 8.40. The molecule has 0 spiro atoms. The number of ether oxygens (including phenoxy) is 1. The molecule has 0 fully saturated rings. The summed E-state index contributed by atoms with van der Waals surface area (Å²) in [6.07, 6.45) is 3.52. The molecule has 8 heteroatoms. The monoisotopic (exact) mass is 406 g/mol. The molecule has 3 aromatic rings. The lowest BCUT2D eigenvalue weighted by atomic mass is 10.2. The first-order valence-corrected chi connectivity index (χ1v) is 8.89. The Kier molecular flexibility index (Phi) is 5.98. The Bertz CT molecular complexity index is 909. The zero-order valence-corrected chi connectivity index (χ0v) is 16.2. The number of anilines is 2. The van der Waals surface area contributed by atoms with Gasteiger partial charge in [-0.1, -0.05) is 35.3 Å². The maximum absolute atomic E-state index is 6.20. The van der Waals surface area contributed by atoms with Crippen molar-refractivity contribution in [2.45, 2.75) is 6.54 Å². The Morgan fingerprint density at radius 1 is 1.12 bits per heavy atom. The highest BCUT2D eigenvalue weighted by molar-refractivity contribution is 7.80. The highest BCUT2D eigenvalue weighted by Crippen LogP contribution is 2.25. The van der Waals surface area contributed by atoms with Crippen LogP contribution in [0.2, 0.25) is 10.0 Å². The van der Waals surface area contributed by atoms with Crippen LogP contribution in [-0.4, -0.2) is 22.0 Å². The number of methoxy groups -OCH3 is 1. The van der Waals surface area contributed by atoms with Gasteiger partial charge in [0.1, 0.15) is 5.75 Å². The summed E-state index contributed by atoms with van der Waals surface area (Å²) in [5.74, 6) is 0.752. The zero-order chi connectivity index (χ0) is 18.5. The highest BCUT2D eigenvalue weighted by Gasteiger charge is 2.08. The van der Waals surface area contributed by atoms with Gasteiger partial charge in [0.25, 0.3) is 0 Å².